The number of nitrogens with one attached hydrogen (secondary N) is 1. The molecule has 3 aliphatic rings. The number of carbonyl (C=O) groups is 1. The number of nitrogens with zero attached hydrogens (tertiary/aromatic N) is 3. The first-order chi connectivity index (χ1) is 15.0. The van der Waals surface area contributed by atoms with Gasteiger partial charge in [0, 0.05) is 44.0 Å². The average molecular weight is 423 g/mol. The Hall–Kier alpha value is -2.18. The van der Waals surface area contributed by atoms with Gasteiger partial charge >= 0.3 is 0 Å². The van der Waals surface area contributed by atoms with E-state index in [1.807, 2.05) is 22.7 Å². The van der Waals surface area contributed by atoms with Gasteiger partial charge in [0.1, 0.15) is 0 Å². The van der Waals surface area contributed by atoms with Crippen LogP contribution in [0.15, 0.2) is 24.3 Å². The molecule has 0 unspecified atom stereocenters. The largest absolute Gasteiger partial charge is 0.389 e. The zero-order valence-corrected chi connectivity index (χ0v) is 18.6. The molecule has 2 N–H and O–H groups in total. The maximum absolute atomic E-state index is 13.4. The summed E-state index contributed by atoms with van der Waals surface area (Å²) in [7, 11) is 1.96. The van der Waals surface area contributed by atoms with Crippen LogP contribution in [0.3, 0.4) is 0 Å². The average Bonchev–Trinajstić information content (AvgIpc) is 3.13. The second-order valence-electron chi connectivity index (χ2n) is 9.75. The highest BCUT2D eigenvalue weighted by Gasteiger charge is 2.34. The Kier molecular flexibility index (Phi) is 5.61. The number of hydrogen-bond donors (Lipinski definition) is 2. The smallest absolute Gasteiger partial charge is 0.274 e. The minimum atomic E-state index is -0.562. The molecule has 1 aliphatic heterocycles. The van der Waals surface area contributed by atoms with Gasteiger partial charge in [0.25, 0.3) is 5.91 Å². The molecule has 1 saturated carbocycles. The van der Waals surface area contributed by atoms with Crippen LogP contribution in [0.25, 0.3) is 0 Å². The molecular weight excluding hydrogens is 388 g/mol. The maximum atomic E-state index is 13.4. The Balaban J connectivity index is 1.29. The van der Waals surface area contributed by atoms with Crippen molar-refractivity contribution in [3.8, 4) is 0 Å². The highest BCUT2D eigenvalue weighted by atomic mass is 16.3. The Morgan fingerprint density at radius 1 is 1.19 bits per heavy atom. The van der Waals surface area contributed by atoms with E-state index in [-0.39, 0.29) is 11.9 Å². The van der Waals surface area contributed by atoms with Gasteiger partial charge < -0.3 is 15.3 Å². The molecule has 0 saturated heterocycles. The third-order valence-corrected chi connectivity index (χ3v) is 7.58. The minimum Gasteiger partial charge on any atom is -0.389 e. The molecule has 31 heavy (non-hydrogen) atoms. The van der Waals surface area contributed by atoms with Crippen molar-refractivity contribution in [1.29, 1.82) is 0 Å². The van der Waals surface area contributed by atoms with Crippen LogP contribution in [0.1, 0.15) is 71.4 Å². The van der Waals surface area contributed by atoms with Crippen LogP contribution in [-0.4, -0.2) is 50.4 Å². The molecule has 0 spiro atoms. The lowest BCUT2D eigenvalue weighted by molar-refractivity contribution is 0.00227. The highest BCUT2D eigenvalue weighted by molar-refractivity contribution is 5.94. The maximum Gasteiger partial charge on any atom is 0.274 e. The number of rotatable bonds is 4. The fourth-order valence-electron chi connectivity index (χ4n) is 5.68. The summed E-state index contributed by atoms with van der Waals surface area (Å²) in [6, 6.07) is 8.69. The molecule has 2 aliphatic carbocycles. The fourth-order valence-corrected chi connectivity index (χ4v) is 5.68. The summed E-state index contributed by atoms with van der Waals surface area (Å²) in [5, 5.41) is 19.2. The molecule has 6 nitrogen and oxygen atoms in total. The topological polar surface area (TPSA) is 70.4 Å². The summed E-state index contributed by atoms with van der Waals surface area (Å²) in [6.45, 7) is 2.06. The first-order valence-electron chi connectivity index (χ1n) is 11.9. The molecular formula is C25H34N4O2. The van der Waals surface area contributed by atoms with E-state index < -0.39 is 5.60 Å². The van der Waals surface area contributed by atoms with Gasteiger partial charge in [-0.3, -0.25) is 9.48 Å². The van der Waals surface area contributed by atoms with Gasteiger partial charge in [-0.2, -0.15) is 5.10 Å². The van der Waals surface area contributed by atoms with E-state index in [2.05, 4.69) is 28.6 Å². The van der Waals surface area contributed by atoms with Crippen LogP contribution in [0, 0.1) is 0 Å². The molecule has 2 aromatic rings. The van der Waals surface area contributed by atoms with Crippen molar-refractivity contribution in [2.45, 2.75) is 76.0 Å². The summed E-state index contributed by atoms with van der Waals surface area (Å²) in [6.07, 6.45) is 8.91. The fraction of sp³-hybridized carbons (Fsp3) is 0.600. The van der Waals surface area contributed by atoms with Crippen LogP contribution >= 0.6 is 0 Å². The number of benzene rings is 1. The summed E-state index contributed by atoms with van der Waals surface area (Å²) >= 11 is 0. The first-order valence-corrected chi connectivity index (χ1v) is 11.9. The monoisotopic (exact) mass is 422 g/mol. The number of hydrogen-bond acceptors (Lipinski definition) is 4. The lowest BCUT2D eigenvalue weighted by Crippen LogP contribution is -2.47. The van der Waals surface area contributed by atoms with Crippen molar-refractivity contribution in [1.82, 2.24) is 20.0 Å². The standard InChI is InChI=1S/C25H34N4O2/c1-28-22-10-9-20(26-17-25(31)12-5-2-6-13-25)15-21(22)23(27-28)24(30)29-14-11-18-7-3-4-8-19(18)16-29/h3-4,7-8,20,26,31H,2,5-6,9-17H2,1H3/t20-/m1/s1. The highest BCUT2D eigenvalue weighted by Crippen LogP contribution is 2.30. The molecule has 1 aromatic heterocycles. The predicted octanol–water partition coefficient (Wildman–Crippen LogP) is 2.76. The zero-order valence-electron chi connectivity index (χ0n) is 18.6. The number of carbonyl (C=O) groups excluding carboxylic acids is 1. The Labute approximate surface area is 184 Å². The van der Waals surface area contributed by atoms with Gasteiger partial charge in [-0.25, -0.2) is 0 Å². The summed E-state index contributed by atoms with van der Waals surface area (Å²) < 4.78 is 1.91. The van der Waals surface area contributed by atoms with Crippen molar-refractivity contribution in [3.05, 3.63) is 52.3 Å². The minimum absolute atomic E-state index is 0.0536. The predicted molar refractivity (Wildman–Crippen MR) is 120 cm³/mol. The van der Waals surface area contributed by atoms with Crippen LogP contribution in [-0.2, 0) is 32.9 Å². The molecule has 5 rings (SSSR count). The van der Waals surface area contributed by atoms with Crippen molar-refractivity contribution in [2.75, 3.05) is 13.1 Å². The van der Waals surface area contributed by atoms with E-state index in [4.69, 9.17) is 0 Å². The third-order valence-electron chi connectivity index (χ3n) is 7.58. The van der Waals surface area contributed by atoms with E-state index >= 15 is 0 Å². The van der Waals surface area contributed by atoms with Gasteiger partial charge in [0.2, 0.25) is 0 Å². The van der Waals surface area contributed by atoms with Crippen molar-refractivity contribution < 1.29 is 9.90 Å². The zero-order chi connectivity index (χ0) is 21.4. The Morgan fingerprint density at radius 3 is 2.77 bits per heavy atom. The number of aliphatic hydroxyl groups is 1. The Morgan fingerprint density at radius 2 is 1.97 bits per heavy atom. The van der Waals surface area contributed by atoms with Gasteiger partial charge in [-0.15, -0.1) is 0 Å². The van der Waals surface area contributed by atoms with E-state index in [1.54, 1.807) is 0 Å². The second kappa shape index (κ2) is 8.40. The number of fused-ring (bicyclic) bond motifs is 2. The summed E-state index contributed by atoms with van der Waals surface area (Å²) in [5.41, 5.74) is 4.94. The van der Waals surface area contributed by atoms with Crippen LogP contribution in [0.4, 0.5) is 0 Å². The molecule has 1 fully saturated rings. The van der Waals surface area contributed by atoms with E-state index in [0.717, 1.165) is 63.5 Å². The quantitative estimate of drug-likeness (QED) is 0.795. The van der Waals surface area contributed by atoms with Crippen molar-refractivity contribution in [2.24, 2.45) is 7.05 Å². The van der Waals surface area contributed by atoms with E-state index in [0.29, 0.717) is 18.8 Å². The molecule has 1 aromatic carbocycles. The van der Waals surface area contributed by atoms with E-state index in [1.165, 1.54) is 23.2 Å². The second-order valence-corrected chi connectivity index (χ2v) is 9.75. The van der Waals surface area contributed by atoms with Gasteiger partial charge in [-0.05, 0) is 49.7 Å². The molecule has 6 heteroatoms. The SMILES string of the molecule is Cn1nc(C(=O)N2CCc3ccccc3C2)c2c1CC[C@@H](NCC1(O)CCCCC1)C2. The first kappa shape index (κ1) is 20.7. The van der Waals surface area contributed by atoms with Crippen LogP contribution in [0.2, 0.25) is 0 Å². The molecule has 0 bridgehead atoms. The van der Waals surface area contributed by atoms with Gasteiger partial charge in [-0.1, -0.05) is 43.5 Å². The van der Waals surface area contributed by atoms with E-state index in [9.17, 15) is 9.90 Å². The summed E-state index contributed by atoms with van der Waals surface area (Å²) in [5.74, 6) is 0.0536. The molecule has 1 amide bonds. The van der Waals surface area contributed by atoms with Gasteiger partial charge in [0.15, 0.2) is 5.69 Å². The molecule has 0 radical (unpaired) electrons. The lowest BCUT2D eigenvalue weighted by Gasteiger charge is -2.35. The lowest BCUT2D eigenvalue weighted by atomic mass is 9.84. The summed E-state index contributed by atoms with van der Waals surface area (Å²) in [4.78, 5) is 15.4. The number of amides is 1. The molecule has 2 heterocycles. The third kappa shape index (κ3) is 4.15. The molecule has 166 valence electrons. The van der Waals surface area contributed by atoms with Crippen LogP contribution < -0.4 is 5.32 Å². The van der Waals surface area contributed by atoms with Crippen molar-refractivity contribution in [3.63, 3.8) is 0 Å². The normalized spacial score (nSPS) is 22.6. The van der Waals surface area contributed by atoms with Gasteiger partial charge in [0.05, 0.1) is 5.60 Å². The number of aromatic nitrogens is 2. The molecule has 1 atom stereocenters. The number of aryl methyl sites for hydroxylation is 1. The van der Waals surface area contributed by atoms with Crippen LogP contribution in [0.5, 0.6) is 0 Å². The Bertz CT molecular complexity index is 960. The van der Waals surface area contributed by atoms with Crippen molar-refractivity contribution >= 4 is 5.91 Å².